The molecule has 1 aromatic heterocycles. The predicted octanol–water partition coefficient (Wildman–Crippen LogP) is 4.79. The van der Waals surface area contributed by atoms with Gasteiger partial charge >= 0.3 is 5.97 Å². The predicted molar refractivity (Wildman–Crippen MR) is 111 cm³/mol. The zero-order valence-corrected chi connectivity index (χ0v) is 16.5. The number of benzene rings is 2. The number of para-hydroxylation sites is 2. The number of amides is 1. The molecule has 2 aromatic carbocycles. The van der Waals surface area contributed by atoms with E-state index in [4.69, 9.17) is 4.74 Å². The third kappa shape index (κ3) is 4.42. The van der Waals surface area contributed by atoms with Crippen molar-refractivity contribution in [3.63, 3.8) is 0 Å². The normalized spacial score (nSPS) is 13.1. The summed E-state index contributed by atoms with van der Waals surface area (Å²) in [4.78, 5) is 28.0. The minimum absolute atomic E-state index is 0.116. The highest BCUT2D eigenvalue weighted by Crippen LogP contribution is 2.26. The van der Waals surface area contributed by atoms with Gasteiger partial charge in [-0.15, -0.1) is 0 Å². The Labute approximate surface area is 165 Å². The van der Waals surface area contributed by atoms with E-state index < -0.39 is 12.1 Å². The molecule has 2 atom stereocenters. The fourth-order valence-corrected chi connectivity index (χ4v) is 3.22. The van der Waals surface area contributed by atoms with Crippen LogP contribution in [0.1, 0.15) is 44.2 Å². The monoisotopic (exact) mass is 378 g/mol. The number of esters is 1. The van der Waals surface area contributed by atoms with Gasteiger partial charge in [0.2, 0.25) is 0 Å². The number of ether oxygens (including phenoxy) is 1. The molecule has 0 spiro atoms. The lowest BCUT2D eigenvalue weighted by atomic mass is 9.97. The molecule has 28 heavy (non-hydrogen) atoms. The van der Waals surface area contributed by atoms with Crippen LogP contribution in [0.15, 0.2) is 54.7 Å². The lowest BCUT2D eigenvalue weighted by Crippen LogP contribution is -2.30. The molecule has 0 aliphatic carbocycles. The molecule has 0 aliphatic heterocycles. The van der Waals surface area contributed by atoms with Crippen LogP contribution in [0.2, 0.25) is 0 Å². The Morgan fingerprint density at radius 3 is 2.57 bits per heavy atom. The number of carbonyl (C=O) groups is 2. The van der Waals surface area contributed by atoms with E-state index >= 15 is 0 Å². The second-order valence-electron chi connectivity index (χ2n) is 7.05. The number of rotatable bonds is 7. The molecule has 5 nitrogen and oxygen atoms in total. The van der Waals surface area contributed by atoms with Gasteiger partial charge in [0.05, 0.1) is 6.42 Å². The average Bonchev–Trinajstić information content (AvgIpc) is 3.10. The molecule has 2 N–H and O–H groups in total. The molecule has 3 rings (SSSR count). The molecule has 3 aromatic rings. The van der Waals surface area contributed by atoms with Gasteiger partial charge in [0.15, 0.2) is 6.10 Å². The van der Waals surface area contributed by atoms with Crippen molar-refractivity contribution in [2.24, 2.45) is 0 Å². The molecule has 0 fully saturated rings. The van der Waals surface area contributed by atoms with Crippen LogP contribution in [-0.4, -0.2) is 23.0 Å². The van der Waals surface area contributed by atoms with Gasteiger partial charge in [-0.25, -0.2) is 0 Å². The van der Waals surface area contributed by atoms with Crippen molar-refractivity contribution in [3.8, 4) is 0 Å². The maximum absolute atomic E-state index is 12.5. The van der Waals surface area contributed by atoms with Crippen LogP contribution < -0.4 is 5.32 Å². The Morgan fingerprint density at radius 2 is 1.79 bits per heavy atom. The zero-order chi connectivity index (χ0) is 20.1. The first-order valence-corrected chi connectivity index (χ1v) is 9.63. The number of aromatic amines is 1. The molecule has 0 aliphatic rings. The van der Waals surface area contributed by atoms with E-state index in [1.807, 2.05) is 48.5 Å². The van der Waals surface area contributed by atoms with Gasteiger partial charge in [0.1, 0.15) is 0 Å². The average molecular weight is 378 g/mol. The number of anilines is 1. The number of fused-ring (bicyclic) bond motifs is 1. The van der Waals surface area contributed by atoms with E-state index in [0.717, 1.165) is 34.1 Å². The summed E-state index contributed by atoms with van der Waals surface area (Å²) in [5.41, 5.74) is 3.67. The summed E-state index contributed by atoms with van der Waals surface area (Å²) < 4.78 is 5.37. The molecule has 1 amide bonds. The fourth-order valence-electron chi connectivity index (χ4n) is 3.22. The third-order valence-electron chi connectivity index (χ3n) is 5.05. The van der Waals surface area contributed by atoms with Crippen LogP contribution in [0.4, 0.5) is 5.69 Å². The van der Waals surface area contributed by atoms with Crippen molar-refractivity contribution in [3.05, 3.63) is 65.9 Å². The summed E-state index contributed by atoms with van der Waals surface area (Å²) in [5, 5.41) is 3.88. The summed E-state index contributed by atoms with van der Waals surface area (Å²) in [6.45, 7) is 5.82. The number of hydrogen-bond acceptors (Lipinski definition) is 3. The van der Waals surface area contributed by atoms with Crippen LogP contribution in [0.25, 0.3) is 10.9 Å². The number of H-pyrrole nitrogens is 1. The van der Waals surface area contributed by atoms with Gasteiger partial charge in [-0.3, -0.25) is 9.59 Å². The lowest BCUT2D eigenvalue weighted by molar-refractivity contribution is -0.152. The minimum Gasteiger partial charge on any atom is -0.452 e. The number of nitrogens with one attached hydrogen (secondary N) is 2. The van der Waals surface area contributed by atoms with Crippen molar-refractivity contribution in [2.45, 2.75) is 45.6 Å². The molecule has 1 heterocycles. The second-order valence-corrected chi connectivity index (χ2v) is 7.05. The lowest BCUT2D eigenvalue weighted by Gasteiger charge is -2.18. The van der Waals surface area contributed by atoms with Gasteiger partial charge < -0.3 is 15.0 Å². The Bertz CT molecular complexity index is 977. The number of carbonyl (C=O) groups excluding carboxylic acids is 2. The molecule has 0 radical (unpaired) electrons. The third-order valence-corrected chi connectivity index (χ3v) is 5.05. The van der Waals surface area contributed by atoms with Crippen LogP contribution in [0, 0.1) is 0 Å². The maximum atomic E-state index is 12.5. The van der Waals surface area contributed by atoms with Gasteiger partial charge in [0.25, 0.3) is 5.91 Å². The summed E-state index contributed by atoms with van der Waals surface area (Å²) in [6, 6.07) is 15.5. The van der Waals surface area contributed by atoms with E-state index in [2.05, 4.69) is 24.1 Å². The molecule has 5 heteroatoms. The van der Waals surface area contributed by atoms with E-state index in [1.54, 1.807) is 13.1 Å². The van der Waals surface area contributed by atoms with Crippen molar-refractivity contribution < 1.29 is 14.3 Å². The molecule has 0 unspecified atom stereocenters. The largest absolute Gasteiger partial charge is 0.452 e. The van der Waals surface area contributed by atoms with Gasteiger partial charge in [-0.05, 0) is 42.5 Å². The first kappa shape index (κ1) is 19.7. The van der Waals surface area contributed by atoms with Crippen LogP contribution >= 0.6 is 0 Å². The van der Waals surface area contributed by atoms with E-state index in [-0.39, 0.29) is 12.3 Å². The summed E-state index contributed by atoms with van der Waals surface area (Å²) >= 11 is 0. The van der Waals surface area contributed by atoms with Crippen LogP contribution in [0.5, 0.6) is 0 Å². The molecule has 0 saturated heterocycles. The number of aromatic nitrogens is 1. The summed E-state index contributed by atoms with van der Waals surface area (Å²) in [7, 11) is 0. The van der Waals surface area contributed by atoms with E-state index in [0.29, 0.717) is 5.92 Å². The standard InChI is InChI=1S/C23H26N2O3/c1-4-15(2)18-9-5-8-12-21(18)25-23(27)16(3)28-22(26)13-17-14-24-20-11-7-6-10-19(17)20/h5-12,14-16,24H,4,13H2,1-3H3,(H,25,27)/t15-,16+/m1/s1. The van der Waals surface area contributed by atoms with Crippen molar-refractivity contribution >= 4 is 28.5 Å². The number of hydrogen-bond donors (Lipinski definition) is 2. The SMILES string of the molecule is CC[C@@H](C)c1ccccc1NC(=O)[C@H](C)OC(=O)Cc1c[nH]c2ccccc12. The zero-order valence-electron chi connectivity index (χ0n) is 16.5. The van der Waals surface area contributed by atoms with Gasteiger partial charge in [-0.1, -0.05) is 50.2 Å². The van der Waals surface area contributed by atoms with Crippen LogP contribution in [-0.2, 0) is 20.7 Å². The van der Waals surface area contributed by atoms with Crippen LogP contribution in [0.3, 0.4) is 0 Å². The first-order valence-electron chi connectivity index (χ1n) is 9.63. The highest BCUT2D eigenvalue weighted by atomic mass is 16.5. The molecule has 0 saturated carbocycles. The Balaban J connectivity index is 1.62. The summed E-state index contributed by atoms with van der Waals surface area (Å²) in [5.74, 6) is -0.429. The topological polar surface area (TPSA) is 71.2 Å². The molecule has 146 valence electrons. The maximum Gasteiger partial charge on any atom is 0.311 e. The van der Waals surface area contributed by atoms with E-state index in [1.165, 1.54) is 0 Å². The quantitative estimate of drug-likeness (QED) is 0.581. The smallest absolute Gasteiger partial charge is 0.311 e. The highest BCUT2D eigenvalue weighted by Gasteiger charge is 2.20. The second kappa shape index (κ2) is 8.74. The van der Waals surface area contributed by atoms with Crippen molar-refractivity contribution in [1.29, 1.82) is 0 Å². The first-order chi connectivity index (χ1) is 13.5. The summed E-state index contributed by atoms with van der Waals surface area (Å²) in [6.07, 6.45) is 2.02. The Hall–Kier alpha value is -3.08. The van der Waals surface area contributed by atoms with Gasteiger partial charge in [-0.2, -0.15) is 0 Å². The molecular weight excluding hydrogens is 352 g/mol. The van der Waals surface area contributed by atoms with E-state index in [9.17, 15) is 9.59 Å². The van der Waals surface area contributed by atoms with Crippen molar-refractivity contribution in [2.75, 3.05) is 5.32 Å². The fraction of sp³-hybridized carbons (Fsp3) is 0.304. The Morgan fingerprint density at radius 1 is 1.07 bits per heavy atom. The van der Waals surface area contributed by atoms with Crippen molar-refractivity contribution in [1.82, 2.24) is 4.98 Å². The molecule has 0 bridgehead atoms. The minimum atomic E-state index is -0.873. The Kier molecular flexibility index (Phi) is 6.14. The highest BCUT2D eigenvalue weighted by molar-refractivity contribution is 5.96. The molecular formula is C23H26N2O3. The van der Waals surface area contributed by atoms with Gasteiger partial charge in [0, 0.05) is 22.8 Å².